The molecule has 1 aromatic heterocycles. The molecule has 98 valence electrons. The maximum absolute atomic E-state index is 12.0. The Kier molecular flexibility index (Phi) is 3.66. The van der Waals surface area contributed by atoms with E-state index in [1.54, 1.807) is 12.0 Å². The number of nitrogens with two attached hydrogens (primary N) is 1. The lowest BCUT2D eigenvalue weighted by Gasteiger charge is -2.16. The van der Waals surface area contributed by atoms with Crippen LogP contribution in [0.1, 0.15) is 6.42 Å². The number of carbonyl (C=O) groups excluding carboxylic acids is 1. The van der Waals surface area contributed by atoms with Crippen LogP contribution in [0.3, 0.4) is 0 Å². The van der Waals surface area contributed by atoms with Crippen molar-refractivity contribution in [3.8, 4) is 0 Å². The molecule has 2 N–H and O–H groups in total. The van der Waals surface area contributed by atoms with Crippen LogP contribution in [0.15, 0.2) is 23.1 Å². The number of anilines is 1. The van der Waals surface area contributed by atoms with Gasteiger partial charge in [-0.2, -0.15) is 0 Å². The Morgan fingerprint density at radius 3 is 3.00 bits per heavy atom. The van der Waals surface area contributed by atoms with E-state index in [0.29, 0.717) is 18.8 Å². The fourth-order valence-electron chi connectivity index (χ4n) is 2.07. The zero-order valence-electron chi connectivity index (χ0n) is 10.3. The Bertz CT molecular complexity index is 498. The number of nitrogen functional groups attached to an aromatic ring is 1. The van der Waals surface area contributed by atoms with E-state index in [0.717, 1.165) is 6.42 Å². The van der Waals surface area contributed by atoms with Crippen LogP contribution in [-0.2, 0) is 16.1 Å². The Morgan fingerprint density at radius 2 is 2.33 bits per heavy atom. The summed E-state index contributed by atoms with van der Waals surface area (Å²) in [5.74, 6) is -0.0812. The Morgan fingerprint density at radius 1 is 1.56 bits per heavy atom. The van der Waals surface area contributed by atoms with Gasteiger partial charge in [0.2, 0.25) is 5.91 Å². The third-order valence-corrected chi connectivity index (χ3v) is 3.14. The number of methoxy groups -OCH3 is 1. The zero-order chi connectivity index (χ0) is 13.1. The quantitative estimate of drug-likeness (QED) is 0.798. The summed E-state index contributed by atoms with van der Waals surface area (Å²) in [6, 6.07) is 2.89. The van der Waals surface area contributed by atoms with Crippen LogP contribution in [0.5, 0.6) is 0 Å². The molecule has 1 aliphatic heterocycles. The second kappa shape index (κ2) is 5.22. The van der Waals surface area contributed by atoms with E-state index >= 15 is 0 Å². The molecule has 0 saturated carbocycles. The van der Waals surface area contributed by atoms with Crippen molar-refractivity contribution in [3.05, 3.63) is 28.7 Å². The maximum atomic E-state index is 12.0. The van der Waals surface area contributed by atoms with E-state index < -0.39 is 0 Å². The topological polar surface area (TPSA) is 77.6 Å². The van der Waals surface area contributed by atoms with Crippen molar-refractivity contribution in [2.45, 2.75) is 19.1 Å². The molecule has 0 aliphatic carbocycles. The molecular weight excluding hydrogens is 234 g/mol. The van der Waals surface area contributed by atoms with Crippen LogP contribution in [-0.4, -0.2) is 41.7 Å². The maximum Gasteiger partial charge on any atom is 0.251 e. The fraction of sp³-hybridized carbons (Fsp3) is 0.500. The van der Waals surface area contributed by atoms with Gasteiger partial charge in [-0.25, -0.2) is 0 Å². The van der Waals surface area contributed by atoms with Crippen LogP contribution in [0, 0.1) is 0 Å². The first-order valence-electron chi connectivity index (χ1n) is 5.86. The second-order valence-corrected chi connectivity index (χ2v) is 4.41. The van der Waals surface area contributed by atoms with E-state index in [9.17, 15) is 9.59 Å². The van der Waals surface area contributed by atoms with Gasteiger partial charge in [0.15, 0.2) is 0 Å². The minimum Gasteiger partial charge on any atom is -0.398 e. The minimum absolute atomic E-state index is 0.0281. The van der Waals surface area contributed by atoms with Gasteiger partial charge in [-0.15, -0.1) is 0 Å². The van der Waals surface area contributed by atoms with Crippen LogP contribution in [0.4, 0.5) is 5.69 Å². The van der Waals surface area contributed by atoms with Gasteiger partial charge in [0.25, 0.3) is 5.56 Å². The van der Waals surface area contributed by atoms with Gasteiger partial charge in [-0.1, -0.05) is 0 Å². The lowest BCUT2D eigenvalue weighted by atomic mass is 10.3. The summed E-state index contributed by atoms with van der Waals surface area (Å²) in [6.45, 7) is 1.29. The largest absolute Gasteiger partial charge is 0.398 e. The SMILES string of the molecule is COC1CCN(C(=O)Cn2cc(N)ccc2=O)C1. The highest BCUT2D eigenvalue weighted by Crippen LogP contribution is 2.12. The van der Waals surface area contributed by atoms with Gasteiger partial charge in [-0.05, 0) is 12.5 Å². The van der Waals surface area contributed by atoms with E-state index in [4.69, 9.17) is 10.5 Å². The molecule has 6 nitrogen and oxygen atoms in total. The third kappa shape index (κ3) is 2.70. The zero-order valence-corrected chi connectivity index (χ0v) is 10.3. The number of likely N-dealkylation sites (tertiary alicyclic amines) is 1. The summed E-state index contributed by atoms with van der Waals surface area (Å²) >= 11 is 0. The molecule has 2 rings (SSSR count). The van der Waals surface area contributed by atoms with Crippen LogP contribution >= 0.6 is 0 Å². The van der Waals surface area contributed by atoms with Crippen molar-refractivity contribution in [1.29, 1.82) is 0 Å². The smallest absolute Gasteiger partial charge is 0.251 e. The molecule has 18 heavy (non-hydrogen) atoms. The first kappa shape index (κ1) is 12.6. The summed E-state index contributed by atoms with van der Waals surface area (Å²) < 4.78 is 6.53. The van der Waals surface area contributed by atoms with Crippen molar-refractivity contribution in [2.75, 3.05) is 25.9 Å². The molecule has 0 radical (unpaired) electrons. The van der Waals surface area contributed by atoms with Crippen molar-refractivity contribution < 1.29 is 9.53 Å². The number of nitrogens with zero attached hydrogens (tertiary/aromatic N) is 2. The highest BCUT2D eigenvalue weighted by molar-refractivity contribution is 5.76. The number of aromatic nitrogens is 1. The summed E-state index contributed by atoms with van der Waals surface area (Å²) in [5.41, 5.74) is 5.84. The summed E-state index contributed by atoms with van der Waals surface area (Å²) in [5, 5.41) is 0. The van der Waals surface area contributed by atoms with Crippen molar-refractivity contribution in [2.24, 2.45) is 0 Å². The predicted molar refractivity (Wildman–Crippen MR) is 67.1 cm³/mol. The van der Waals surface area contributed by atoms with Gasteiger partial charge < -0.3 is 19.9 Å². The summed E-state index contributed by atoms with van der Waals surface area (Å²) in [4.78, 5) is 25.3. The highest BCUT2D eigenvalue weighted by atomic mass is 16.5. The molecule has 1 atom stereocenters. The van der Waals surface area contributed by atoms with Gasteiger partial charge in [0.05, 0.1) is 6.10 Å². The van der Waals surface area contributed by atoms with E-state index in [1.165, 1.54) is 22.9 Å². The van der Waals surface area contributed by atoms with Crippen molar-refractivity contribution in [3.63, 3.8) is 0 Å². The molecule has 0 spiro atoms. The molecule has 1 aliphatic rings. The number of hydrogen-bond donors (Lipinski definition) is 1. The number of ether oxygens (including phenoxy) is 1. The van der Waals surface area contributed by atoms with Gasteiger partial charge in [0, 0.05) is 38.1 Å². The first-order chi connectivity index (χ1) is 8.60. The third-order valence-electron chi connectivity index (χ3n) is 3.14. The normalized spacial score (nSPS) is 19.2. The molecule has 1 unspecified atom stereocenters. The second-order valence-electron chi connectivity index (χ2n) is 4.41. The molecule has 1 fully saturated rings. The van der Waals surface area contributed by atoms with Crippen LogP contribution < -0.4 is 11.3 Å². The standard InChI is InChI=1S/C12H17N3O3/c1-18-10-4-5-14(7-10)12(17)8-15-6-9(13)2-3-11(15)16/h2-3,6,10H,4-5,7-8,13H2,1H3. The fourth-order valence-corrected chi connectivity index (χ4v) is 2.07. The number of carbonyl (C=O) groups is 1. The monoisotopic (exact) mass is 251 g/mol. The van der Waals surface area contributed by atoms with Crippen LogP contribution in [0.25, 0.3) is 0 Å². The van der Waals surface area contributed by atoms with Crippen molar-refractivity contribution >= 4 is 11.6 Å². The van der Waals surface area contributed by atoms with Gasteiger partial charge in [0.1, 0.15) is 6.54 Å². The number of amides is 1. The first-order valence-corrected chi connectivity index (χ1v) is 5.86. The molecule has 0 bridgehead atoms. The average molecular weight is 251 g/mol. The molecule has 1 amide bonds. The van der Waals surface area contributed by atoms with E-state index in [-0.39, 0.29) is 24.1 Å². The Balaban J connectivity index is 2.03. The summed E-state index contributed by atoms with van der Waals surface area (Å²) in [7, 11) is 1.64. The number of hydrogen-bond acceptors (Lipinski definition) is 4. The summed E-state index contributed by atoms with van der Waals surface area (Å²) in [6.07, 6.45) is 2.43. The predicted octanol–water partition coefficient (Wildman–Crippen LogP) is -0.322. The molecular formula is C12H17N3O3. The molecule has 1 saturated heterocycles. The van der Waals surface area contributed by atoms with Gasteiger partial charge in [-0.3, -0.25) is 9.59 Å². The number of pyridine rings is 1. The van der Waals surface area contributed by atoms with Crippen molar-refractivity contribution in [1.82, 2.24) is 9.47 Å². The number of rotatable bonds is 3. The van der Waals surface area contributed by atoms with Crippen LogP contribution in [0.2, 0.25) is 0 Å². The Hall–Kier alpha value is -1.82. The lowest BCUT2D eigenvalue weighted by molar-refractivity contribution is -0.131. The minimum atomic E-state index is -0.222. The lowest BCUT2D eigenvalue weighted by Crippen LogP contribution is -2.35. The van der Waals surface area contributed by atoms with E-state index in [1.807, 2.05) is 0 Å². The molecule has 1 aromatic rings. The molecule has 6 heteroatoms. The van der Waals surface area contributed by atoms with E-state index in [2.05, 4.69) is 0 Å². The molecule has 0 aromatic carbocycles. The van der Waals surface area contributed by atoms with Gasteiger partial charge >= 0.3 is 0 Å². The highest BCUT2D eigenvalue weighted by Gasteiger charge is 2.25. The Labute approximate surface area is 105 Å². The average Bonchev–Trinajstić information content (AvgIpc) is 2.82. The molecule has 2 heterocycles.